The Hall–Kier alpha value is -1.31. The third-order valence-corrected chi connectivity index (χ3v) is 3.11. The fourth-order valence-electron chi connectivity index (χ4n) is 2.28. The highest BCUT2D eigenvalue weighted by molar-refractivity contribution is 5.25. The van der Waals surface area contributed by atoms with E-state index in [1.54, 1.807) is 0 Å². The van der Waals surface area contributed by atoms with E-state index in [0.29, 0.717) is 11.8 Å². The lowest BCUT2D eigenvalue weighted by molar-refractivity contribution is 0.406. The monoisotopic (exact) mass is 188 g/mol. The van der Waals surface area contributed by atoms with E-state index < -0.39 is 0 Å². The van der Waals surface area contributed by atoms with Gasteiger partial charge in [-0.15, -0.1) is 0 Å². The van der Waals surface area contributed by atoms with Gasteiger partial charge in [-0.2, -0.15) is 5.10 Å². The van der Waals surface area contributed by atoms with Crippen LogP contribution in [0, 0.1) is 11.8 Å². The highest BCUT2D eigenvalue weighted by Gasteiger charge is 2.30. The molecule has 2 heteroatoms. The molecule has 1 fully saturated rings. The molecule has 0 radical (unpaired) electrons. The highest BCUT2D eigenvalue weighted by atomic mass is 15.5. The Labute approximate surface area is 85.3 Å². The molecule has 2 rings (SSSR count). The van der Waals surface area contributed by atoms with Crippen molar-refractivity contribution in [3.63, 3.8) is 0 Å². The van der Waals surface area contributed by atoms with Gasteiger partial charge in [-0.25, -0.2) is 0 Å². The number of hydrogen-bond acceptors (Lipinski definition) is 2. The fourth-order valence-corrected chi connectivity index (χ4v) is 2.28. The molecule has 0 aromatic heterocycles. The molecule has 0 amide bonds. The maximum Gasteiger partial charge on any atom is 0.0418 e. The van der Waals surface area contributed by atoms with Gasteiger partial charge in [0.1, 0.15) is 0 Å². The minimum atomic E-state index is 0.557. The number of hydrogen-bond donors (Lipinski definition) is 0. The zero-order valence-electron chi connectivity index (χ0n) is 8.39. The van der Waals surface area contributed by atoms with Crippen LogP contribution in [-0.2, 0) is 0 Å². The summed E-state index contributed by atoms with van der Waals surface area (Å²) in [5.41, 5.74) is 1.13. The molecule has 1 aliphatic carbocycles. The van der Waals surface area contributed by atoms with Crippen molar-refractivity contribution in [3.8, 4) is 0 Å². The SMILES string of the molecule is C=NN1CCC(C2C=CC=CC2)C1=C. The molecule has 0 spiro atoms. The molecule has 2 nitrogen and oxygen atoms in total. The molecule has 2 unspecified atom stereocenters. The maximum absolute atomic E-state index is 4.10. The molecular formula is C12H16N2. The Bertz CT molecular complexity index is 301. The third kappa shape index (κ3) is 1.52. The van der Waals surface area contributed by atoms with Gasteiger partial charge in [0.2, 0.25) is 0 Å². The van der Waals surface area contributed by atoms with Gasteiger partial charge in [-0.1, -0.05) is 30.9 Å². The summed E-state index contributed by atoms with van der Waals surface area (Å²) in [7, 11) is 0. The topological polar surface area (TPSA) is 15.6 Å². The summed E-state index contributed by atoms with van der Waals surface area (Å²) in [6.07, 6.45) is 11.0. The van der Waals surface area contributed by atoms with E-state index in [-0.39, 0.29) is 0 Å². The van der Waals surface area contributed by atoms with Crippen LogP contribution in [0.3, 0.4) is 0 Å². The minimum absolute atomic E-state index is 0.557. The van der Waals surface area contributed by atoms with Crippen molar-refractivity contribution in [2.45, 2.75) is 12.8 Å². The first-order chi connectivity index (χ1) is 6.83. The van der Waals surface area contributed by atoms with Crippen LogP contribution in [0.4, 0.5) is 0 Å². The summed E-state index contributed by atoms with van der Waals surface area (Å²) in [5.74, 6) is 1.17. The molecule has 2 aliphatic rings. The highest BCUT2D eigenvalue weighted by Crippen LogP contribution is 2.36. The molecule has 2 atom stereocenters. The first kappa shape index (κ1) is 9.25. The van der Waals surface area contributed by atoms with Crippen molar-refractivity contribution in [1.29, 1.82) is 0 Å². The van der Waals surface area contributed by atoms with E-state index >= 15 is 0 Å². The summed E-state index contributed by atoms with van der Waals surface area (Å²) in [5, 5.41) is 5.88. The lowest BCUT2D eigenvalue weighted by Gasteiger charge is -2.22. The molecule has 74 valence electrons. The van der Waals surface area contributed by atoms with Crippen molar-refractivity contribution in [1.82, 2.24) is 5.01 Å². The van der Waals surface area contributed by atoms with Crippen molar-refractivity contribution in [2.75, 3.05) is 6.54 Å². The summed E-state index contributed by atoms with van der Waals surface area (Å²) >= 11 is 0. The molecule has 1 heterocycles. The molecule has 14 heavy (non-hydrogen) atoms. The molecule has 1 aliphatic heterocycles. The molecule has 0 aromatic rings. The van der Waals surface area contributed by atoms with E-state index in [1.165, 1.54) is 0 Å². The molecular weight excluding hydrogens is 172 g/mol. The standard InChI is InChI=1S/C12H16N2/c1-10-12(8-9-14(10)13-2)11-6-4-3-5-7-11/h3-6,11-12H,1-2,7-9H2. The predicted octanol–water partition coefficient (Wildman–Crippen LogP) is 2.57. The molecule has 0 saturated carbocycles. The van der Waals surface area contributed by atoms with Crippen LogP contribution < -0.4 is 0 Å². The van der Waals surface area contributed by atoms with E-state index in [1.807, 2.05) is 5.01 Å². The number of hydrazone groups is 1. The first-order valence-corrected chi connectivity index (χ1v) is 5.09. The smallest absolute Gasteiger partial charge is 0.0418 e. The van der Waals surface area contributed by atoms with Crippen molar-refractivity contribution >= 4 is 6.72 Å². The Morgan fingerprint density at radius 3 is 2.86 bits per heavy atom. The third-order valence-electron chi connectivity index (χ3n) is 3.11. The second kappa shape index (κ2) is 3.82. The van der Waals surface area contributed by atoms with Crippen LogP contribution in [-0.4, -0.2) is 18.3 Å². The normalized spacial score (nSPS) is 31.1. The van der Waals surface area contributed by atoms with Gasteiger partial charge in [0.15, 0.2) is 0 Å². The average molecular weight is 188 g/mol. The van der Waals surface area contributed by atoms with Gasteiger partial charge in [-0.3, -0.25) is 5.01 Å². The quantitative estimate of drug-likeness (QED) is 0.608. The van der Waals surface area contributed by atoms with Crippen molar-refractivity contribution in [2.24, 2.45) is 16.9 Å². The zero-order chi connectivity index (χ0) is 9.97. The van der Waals surface area contributed by atoms with Crippen LogP contribution in [0.2, 0.25) is 0 Å². The van der Waals surface area contributed by atoms with Crippen molar-refractivity contribution in [3.05, 3.63) is 36.6 Å². The van der Waals surface area contributed by atoms with Crippen LogP contribution in [0.5, 0.6) is 0 Å². The summed E-state index contributed by atoms with van der Waals surface area (Å²) in [6, 6.07) is 0. The van der Waals surface area contributed by atoms with Gasteiger partial charge in [-0.05, 0) is 18.8 Å². The zero-order valence-corrected chi connectivity index (χ0v) is 8.39. The second-order valence-electron chi connectivity index (χ2n) is 3.86. The fraction of sp³-hybridized carbons (Fsp3) is 0.417. The molecule has 0 aromatic carbocycles. The van der Waals surface area contributed by atoms with Gasteiger partial charge in [0.25, 0.3) is 0 Å². The van der Waals surface area contributed by atoms with E-state index in [4.69, 9.17) is 0 Å². The molecule has 1 saturated heterocycles. The van der Waals surface area contributed by atoms with Crippen LogP contribution in [0.1, 0.15) is 12.8 Å². The van der Waals surface area contributed by atoms with E-state index in [0.717, 1.165) is 25.1 Å². The Kier molecular flexibility index (Phi) is 2.53. The molecule has 0 N–H and O–H groups in total. The van der Waals surface area contributed by atoms with Gasteiger partial charge in [0.05, 0.1) is 0 Å². The number of allylic oxidation sites excluding steroid dienone is 5. The van der Waals surface area contributed by atoms with E-state index in [9.17, 15) is 0 Å². The maximum atomic E-state index is 4.10. The lowest BCUT2D eigenvalue weighted by atomic mass is 9.85. The van der Waals surface area contributed by atoms with Gasteiger partial charge < -0.3 is 0 Å². The Balaban J connectivity index is 2.06. The largest absolute Gasteiger partial charge is 0.271 e. The summed E-state index contributed by atoms with van der Waals surface area (Å²) in [6.45, 7) is 8.63. The first-order valence-electron chi connectivity index (χ1n) is 5.09. The predicted molar refractivity (Wildman–Crippen MR) is 59.9 cm³/mol. The number of rotatable bonds is 2. The minimum Gasteiger partial charge on any atom is -0.271 e. The van der Waals surface area contributed by atoms with E-state index in [2.05, 4.69) is 42.7 Å². The second-order valence-corrected chi connectivity index (χ2v) is 3.86. The van der Waals surface area contributed by atoms with Crippen LogP contribution in [0.15, 0.2) is 41.7 Å². The molecule has 0 bridgehead atoms. The van der Waals surface area contributed by atoms with Crippen molar-refractivity contribution < 1.29 is 0 Å². The average Bonchev–Trinajstić information content (AvgIpc) is 2.61. The van der Waals surface area contributed by atoms with Gasteiger partial charge >= 0.3 is 0 Å². The lowest BCUT2D eigenvalue weighted by Crippen LogP contribution is -2.15. The van der Waals surface area contributed by atoms with Gasteiger partial charge in [0, 0.05) is 24.9 Å². The summed E-state index contributed by atoms with van der Waals surface area (Å²) < 4.78 is 0. The van der Waals surface area contributed by atoms with Crippen LogP contribution in [0.25, 0.3) is 0 Å². The summed E-state index contributed by atoms with van der Waals surface area (Å²) in [4.78, 5) is 0. The Morgan fingerprint density at radius 1 is 1.43 bits per heavy atom. The number of nitrogens with zero attached hydrogens (tertiary/aromatic N) is 2. The Morgan fingerprint density at radius 2 is 2.29 bits per heavy atom. The van der Waals surface area contributed by atoms with Crippen LogP contribution >= 0.6 is 0 Å².